The molecule has 0 bridgehead atoms. The summed E-state index contributed by atoms with van der Waals surface area (Å²) in [7, 11) is 0. The number of nitrogens with one attached hydrogen (secondary N) is 1. The van der Waals surface area contributed by atoms with Crippen molar-refractivity contribution >= 4 is 29.1 Å². The van der Waals surface area contributed by atoms with Crippen LogP contribution in [0.15, 0.2) is 31.0 Å². The van der Waals surface area contributed by atoms with Gasteiger partial charge in [0.05, 0.1) is 11.8 Å². The smallest absolute Gasteiger partial charge is 0.254 e. The fourth-order valence-electron chi connectivity index (χ4n) is 4.20. The van der Waals surface area contributed by atoms with E-state index in [4.69, 9.17) is 11.6 Å². The van der Waals surface area contributed by atoms with E-state index in [2.05, 4.69) is 25.3 Å². The second kappa shape index (κ2) is 6.66. The number of halogens is 2. The van der Waals surface area contributed by atoms with Crippen molar-refractivity contribution in [1.82, 2.24) is 29.7 Å². The van der Waals surface area contributed by atoms with Crippen LogP contribution in [0, 0.1) is 23.6 Å². The van der Waals surface area contributed by atoms with Crippen LogP contribution in [0.3, 0.4) is 0 Å². The van der Waals surface area contributed by atoms with Crippen molar-refractivity contribution in [3.8, 4) is 0 Å². The maximum Gasteiger partial charge on any atom is 0.254 e. The van der Waals surface area contributed by atoms with E-state index in [0.29, 0.717) is 35.6 Å². The molecule has 1 aliphatic carbocycles. The second-order valence-electron chi connectivity index (χ2n) is 7.23. The molecule has 144 valence electrons. The summed E-state index contributed by atoms with van der Waals surface area (Å²) in [5.74, 6) is 1.82. The van der Waals surface area contributed by atoms with Crippen LogP contribution in [0.5, 0.6) is 0 Å². The molecule has 10 heteroatoms. The molecule has 1 saturated carbocycles. The average Bonchev–Trinajstić information content (AvgIpc) is 3.08. The number of imidazole rings is 1. The highest BCUT2D eigenvalue weighted by atomic mass is 35.5. The van der Waals surface area contributed by atoms with Crippen molar-refractivity contribution in [2.24, 2.45) is 17.8 Å². The molecule has 3 atom stereocenters. The zero-order chi connectivity index (χ0) is 19.3. The number of nitrogens with zero attached hydrogens (tertiary/aromatic N) is 6. The molecule has 1 unspecified atom stereocenters. The molecule has 0 spiro atoms. The van der Waals surface area contributed by atoms with E-state index in [1.54, 1.807) is 23.0 Å². The van der Waals surface area contributed by atoms with Crippen molar-refractivity contribution in [3.05, 3.63) is 47.6 Å². The van der Waals surface area contributed by atoms with Gasteiger partial charge in [-0.15, -0.1) is 0 Å². The molecule has 0 aromatic carbocycles. The topological polar surface area (TPSA) is 88.3 Å². The highest BCUT2D eigenvalue weighted by Crippen LogP contribution is 2.54. The molecule has 1 amide bonds. The molecule has 4 heterocycles. The van der Waals surface area contributed by atoms with E-state index in [1.165, 1.54) is 6.20 Å². The summed E-state index contributed by atoms with van der Waals surface area (Å²) in [5, 5.41) is 3.01. The number of hydrogen-bond acceptors (Lipinski definition) is 6. The molecule has 1 aliphatic heterocycles. The van der Waals surface area contributed by atoms with Crippen LogP contribution in [-0.4, -0.2) is 49.9 Å². The minimum absolute atomic E-state index is 0.0552. The number of fused-ring (bicyclic) bond motifs is 2. The van der Waals surface area contributed by atoms with Crippen LogP contribution in [0.1, 0.15) is 16.8 Å². The van der Waals surface area contributed by atoms with Crippen molar-refractivity contribution in [1.29, 1.82) is 0 Å². The van der Waals surface area contributed by atoms with Crippen LogP contribution in [0.2, 0.25) is 5.28 Å². The number of anilines is 1. The first-order valence-corrected chi connectivity index (χ1v) is 9.48. The summed E-state index contributed by atoms with van der Waals surface area (Å²) in [4.78, 5) is 30.1. The number of piperidine rings is 1. The lowest BCUT2D eigenvalue weighted by molar-refractivity contribution is 0.0951. The van der Waals surface area contributed by atoms with E-state index >= 15 is 0 Å². The van der Waals surface area contributed by atoms with Crippen LogP contribution >= 0.6 is 11.6 Å². The Hall–Kier alpha value is -2.81. The van der Waals surface area contributed by atoms with Crippen molar-refractivity contribution in [2.75, 3.05) is 24.5 Å². The maximum absolute atomic E-state index is 13.9. The third-order valence-electron chi connectivity index (χ3n) is 5.64. The largest absolute Gasteiger partial charge is 0.353 e. The highest BCUT2D eigenvalue weighted by Gasteiger charge is 2.55. The van der Waals surface area contributed by atoms with Gasteiger partial charge >= 0.3 is 0 Å². The first-order valence-electron chi connectivity index (χ1n) is 9.10. The average molecular weight is 402 g/mol. The molecule has 2 fully saturated rings. The van der Waals surface area contributed by atoms with Gasteiger partial charge in [-0.2, -0.15) is 4.98 Å². The van der Waals surface area contributed by atoms with Gasteiger partial charge in [-0.1, -0.05) is 0 Å². The van der Waals surface area contributed by atoms with Crippen LogP contribution in [0.4, 0.5) is 10.2 Å². The summed E-state index contributed by atoms with van der Waals surface area (Å²) in [5.41, 5.74) is 0.504. The molecule has 0 radical (unpaired) electrons. The Bertz CT molecular complexity index is 1050. The van der Waals surface area contributed by atoms with Gasteiger partial charge < -0.3 is 10.2 Å². The number of carbonyl (C=O) groups excluding carboxylic acids is 1. The fraction of sp³-hybridized carbons (Fsp3) is 0.389. The Morgan fingerprint density at radius 3 is 2.89 bits per heavy atom. The minimum atomic E-state index is -0.446. The SMILES string of the molecule is O=C(NCCC1[C@H]2CN(c3nc(Cl)ncc3F)C[C@@H]12)c1cnc2nccn2c1. The van der Waals surface area contributed by atoms with Gasteiger partial charge in [0.2, 0.25) is 11.1 Å². The summed E-state index contributed by atoms with van der Waals surface area (Å²) in [6.45, 7) is 2.12. The van der Waals surface area contributed by atoms with Crippen LogP contribution in [-0.2, 0) is 0 Å². The van der Waals surface area contributed by atoms with Crippen LogP contribution in [0.25, 0.3) is 5.78 Å². The third kappa shape index (κ3) is 3.05. The molecule has 1 N–H and O–H groups in total. The quantitative estimate of drug-likeness (QED) is 0.656. The summed E-state index contributed by atoms with van der Waals surface area (Å²) >= 11 is 5.78. The molecule has 1 saturated heterocycles. The number of aromatic nitrogens is 5. The highest BCUT2D eigenvalue weighted by molar-refractivity contribution is 6.28. The summed E-state index contributed by atoms with van der Waals surface area (Å²) < 4.78 is 15.6. The molecule has 3 aromatic heterocycles. The fourth-order valence-corrected chi connectivity index (χ4v) is 4.33. The van der Waals surface area contributed by atoms with Gasteiger partial charge in [0, 0.05) is 44.4 Å². The number of amides is 1. The minimum Gasteiger partial charge on any atom is -0.353 e. The lowest BCUT2D eigenvalue weighted by Crippen LogP contribution is -2.28. The van der Waals surface area contributed by atoms with Gasteiger partial charge in [-0.3, -0.25) is 9.20 Å². The standard InChI is InChI=1S/C18H17ClFN7O/c19-17-23-6-14(20)15(25-17)27-8-12-11(13(12)9-27)1-2-21-16(28)10-5-24-18-22-3-4-26(18)7-10/h3-7,11-13H,1-2,8-9H2,(H,21,28)/t11?,12-,13+. The predicted molar refractivity (Wildman–Crippen MR) is 99.6 cm³/mol. The zero-order valence-electron chi connectivity index (χ0n) is 14.8. The normalized spacial score (nSPS) is 23.1. The molecule has 5 rings (SSSR count). The van der Waals surface area contributed by atoms with Crippen molar-refractivity contribution < 1.29 is 9.18 Å². The molecule has 2 aliphatic rings. The Morgan fingerprint density at radius 2 is 2.07 bits per heavy atom. The molecule has 8 nitrogen and oxygen atoms in total. The monoisotopic (exact) mass is 401 g/mol. The number of carbonyl (C=O) groups is 1. The second-order valence-corrected chi connectivity index (χ2v) is 7.57. The van der Waals surface area contributed by atoms with Gasteiger partial charge in [-0.05, 0) is 35.8 Å². The third-order valence-corrected chi connectivity index (χ3v) is 5.82. The van der Waals surface area contributed by atoms with Gasteiger partial charge in [0.25, 0.3) is 5.91 Å². The van der Waals surface area contributed by atoms with Crippen molar-refractivity contribution in [2.45, 2.75) is 6.42 Å². The van der Waals surface area contributed by atoms with E-state index in [1.807, 2.05) is 4.90 Å². The number of rotatable bonds is 5. The van der Waals surface area contributed by atoms with E-state index in [-0.39, 0.29) is 17.0 Å². The lowest BCUT2D eigenvalue weighted by atomic mass is 10.2. The first kappa shape index (κ1) is 17.3. The predicted octanol–water partition coefficient (Wildman–Crippen LogP) is 1.81. The lowest BCUT2D eigenvalue weighted by Gasteiger charge is -2.21. The van der Waals surface area contributed by atoms with E-state index in [0.717, 1.165) is 25.7 Å². The Balaban J connectivity index is 1.12. The van der Waals surface area contributed by atoms with E-state index < -0.39 is 5.82 Å². The first-order chi connectivity index (χ1) is 13.6. The summed E-state index contributed by atoms with van der Waals surface area (Å²) in [6, 6.07) is 0. The van der Waals surface area contributed by atoms with E-state index in [9.17, 15) is 9.18 Å². The summed E-state index contributed by atoms with van der Waals surface area (Å²) in [6.07, 6.45) is 8.66. The molecular formula is C18H17ClFN7O. The number of hydrogen-bond donors (Lipinski definition) is 1. The van der Waals surface area contributed by atoms with Gasteiger partial charge in [0.1, 0.15) is 0 Å². The molecular weight excluding hydrogens is 385 g/mol. The molecule has 28 heavy (non-hydrogen) atoms. The Kier molecular flexibility index (Phi) is 4.12. The maximum atomic E-state index is 13.9. The zero-order valence-corrected chi connectivity index (χ0v) is 15.6. The van der Waals surface area contributed by atoms with Gasteiger partial charge in [-0.25, -0.2) is 19.3 Å². The van der Waals surface area contributed by atoms with Gasteiger partial charge in [0.15, 0.2) is 11.6 Å². The molecule has 3 aromatic rings. The Labute approximate surface area is 164 Å². The van der Waals surface area contributed by atoms with Crippen LogP contribution < -0.4 is 10.2 Å². The Morgan fingerprint density at radius 1 is 1.25 bits per heavy atom. The van der Waals surface area contributed by atoms with Crippen molar-refractivity contribution in [3.63, 3.8) is 0 Å².